The molecular weight excluding hydrogens is 150 g/mol. The predicted molar refractivity (Wildman–Crippen MR) is 37.7 cm³/mol. The Hall–Kier alpha value is -0.900. The van der Waals surface area contributed by atoms with E-state index in [0.29, 0.717) is 13.1 Å². The first-order valence-electron chi connectivity index (χ1n) is 2.79. The molecule has 0 aliphatic heterocycles. The van der Waals surface area contributed by atoms with Crippen molar-refractivity contribution in [1.82, 2.24) is 4.98 Å². The SMILES string of the molecule is Cc1ncsc1COC=O. The van der Waals surface area contributed by atoms with Gasteiger partial charge < -0.3 is 4.74 Å². The Morgan fingerprint density at radius 1 is 1.90 bits per heavy atom. The number of aryl methyl sites for hydroxylation is 1. The molecule has 10 heavy (non-hydrogen) atoms. The zero-order valence-electron chi connectivity index (χ0n) is 5.53. The molecule has 0 aromatic carbocycles. The van der Waals surface area contributed by atoms with Crippen LogP contribution in [-0.4, -0.2) is 11.5 Å². The van der Waals surface area contributed by atoms with Gasteiger partial charge in [0, 0.05) is 0 Å². The number of ether oxygens (including phenoxy) is 1. The highest BCUT2D eigenvalue weighted by Gasteiger charge is 1.99. The molecule has 0 radical (unpaired) electrons. The van der Waals surface area contributed by atoms with E-state index < -0.39 is 0 Å². The topological polar surface area (TPSA) is 39.2 Å². The number of aromatic nitrogens is 1. The van der Waals surface area contributed by atoms with Gasteiger partial charge in [-0.3, -0.25) is 4.79 Å². The molecule has 0 bridgehead atoms. The molecule has 1 heterocycles. The first-order chi connectivity index (χ1) is 4.84. The van der Waals surface area contributed by atoms with Crippen molar-refractivity contribution in [1.29, 1.82) is 0 Å². The van der Waals surface area contributed by atoms with Crippen LogP contribution in [0, 0.1) is 6.92 Å². The lowest BCUT2D eigenvalue weighted by Gasteiger charge is -1.93. The third-order valence-corrected chi connectivity index (χ3v) is 2.04. The van der Waals surface area contributed by atoms with Crippen molar-refractivity contribution >= 4 is 17.8 Å². The van der Waals surface area contributed by atoms with E-state index in [-0.39, 0.29) is 0 Å². The van der Waals surface area contributed by atoms with Crippen molar-refractivity contribution in [3.05, 3.63) is 16.1 Å². The van der Waals surface area contributed by atoms with Crippen LogP contribution in [0.1, 0.15) is 10.6 Å². The summed E-state index contributed by atoms with van der Waals surface area (Å²) in [5, 5.41) is 0. The number of thiazole rings is 1. The van der Waals surface area contributed by atoms with E-state index in [2.05, 4.69) is 9.72 Å². The van der Waals surface area contributed by atoms with E-state index in [1.54, 1.807) is 5.51 Å². The van der Waals surface area contributed by atoms with Crippen molar-refractivity contribution < 1.29 is 9.53 Å². The maximum Gasteiger partial charge on any atom is 0.293 e. The molecular formula is C6H7NO2S. The standard InChI is InChI=1S/C6H7NO2S/c1-5-6(2-9-4-8)10-3-7-5/h3-4H,2H2,1H3. The molecule has 0 saturated carbocycles. The number of rotatable bonds is 3. The summed E-state index contributed by atoms with van der Waals surface area (Å²) in [6, 6.07) is 0. The van der Waals surface area contributed by atoms with Gasteiger partial charge in [-0.05, 0) is 6.92 Å². The van der Waals surface area contributed by atoms with Crippen LogP contribution in [0.4, 0.5) is 0 Å². The Bertz CT molecular complexity index is 221. The first-order valence-corrected chi connectivity index (χ1v) is 3.66. The normalized spacial score (nSPS) is 9.30. The Kier molecular flexibility index (Phi) is 2.39. The molecule has 0 unspecified atom stereocenters. The first kappa shape index (κ1) is 7.21. The van der Waals surface area contributed by atoms with E-state index in [9.17, 15) is 4.79 Å². The smallest absolute Gasteiger partial charge is 0.293 e. The summed E-state index contributed by atoms with van der Waals surface area (Å²) in [6.45, 7) is 2.68. The van der Waals surface area contributed by atoms with E-state index >= 15 is 0 Å². The second-order valence-corrected chi connectivity index (χ2v) is 2.71. The van der Waals surface area contributed by atoms with Gasteiger partial charge in [-0.1, -0.05) is 0 Å². The summed E-state index contributed by atoms with van der Waals surface area (Å²) in [4.78, 5) is 14.8. The maximum atomic E-state index is 9.77. The van der Waals surface area contributed by atoms with Crippen LogP contribution >= 0.6 is 11.3 Å². The summed E-state index contributed by atoms with van der Waals surface area (Å²) in [5.74, 6) is 0. The fraction of sp³-hybridized carbons (Fsp3) is 0.333. The number of carbonyl (C=O) groups is 1. The average Bonchev–Trinajstić information content (AvgIpc) is 2.31. The zero-order chi connectivity index (χ0) is 7.40. The van der Waals surface area contributed by atoms with Gasteiger partial charge in [0.05, 0.1) is 16.1 Å². The van der Waals surface area contributed by atoms with Gasteiger partial charge in [-0.25, -0.2) is 4.98 Å². The van der Waals surface area contributed by atoms with Crippen LogP contribution in [0.2, 0.25) is 0 Å². The molecule has 4 heteroatoms. The number of nitrogens with zero attached hydrogens (tertiary/aromatic N) is 1. The van der Waals surface area contributed by atoms with Gasteiger partial charge in [0.2, 0.25) is 0 Å². The van der Waals surface area contributed by atoms with Crippen LogP contribution in [-0.2, 0) is 16.1 Å². The zero-order valence-corrected chi connectivity index (χ0v) is 6.35. The average molecular weight is 157 g/mol. The molecule has 0 amide bonds. The molecule has 1 rings (SSSR count). The maximum absolute atomic E-state index is 9.77. The fourth-order valence-electron chi connectivity index (χ4n) is 0.574. The predicted octanol–water partition coefficient (Wildman–Crippen LogP) is 1.12. The monoisotopic (exact) mass is 157 g/mol. The molecule has 1 aromatic rings. The third kappa shape index (κ3) is 1.54. The van der Waals surface area contributed by atoms with Crippen molar-refractivity contribution in [3.8, 4) is 0 Å². The Morgan fingerprint density at radius 3 is 3.20 bits per heavy atom. The summed E-state index contributed by atoms with van der Waals surface area (Å²) in [6.07, 6.45) is 0. The molecule has 0 N–H and O–H groups in total. The van der Waals surface area contributed by atoms with Crippen LogP contribution < -0.4 is 0 Å². The highest BCUT2D eigenvalue weighted by Crippen LogP contribution is 2.12. The lowest BCUT2D eigenvalue weighted by molar-refractivity contribution is -0.129. The molecule has 0 spiro atoms. The van der Waals surface area contributed by atoms with Gasteiger partial charge in [0.1, 0.15) is 6.61 Å². The van der Waals surface area contributed by atoms with Crippen LogP contribution in [0.5, 0.6) is 0 Å². The fourth-order valence-corrected chi connectivity index (χ4v) is 1.27. The van der Waals surface area contributed by atoms with Crippen molar-refractivity contribution in [2.45, 2.75) is 13.5 Å². The summed E-state index contributed by atoms with van der Waals surface area (Å²) in [7, 11) is 0. The summed E-state index contributed by atoms with van der Waals surface area (Å²) < 4.78 is 4.55. The summed E-state index contributed by atoms with van der Waals surface area (Å²) >= 11 is 1.49. The molecule has 0 saturated heterocycles. The summed E-state index contributed by atoms with van der Waals surface area (Å²) in [5.41, 5.74) is 2.67. The van der Waals surface area contributed by atoms with Gasteiger partial charge in [-0.2, -0.15) is 0 Å². The molecule has 54 valence electrons. The minimum absolute atomic E-state index is 0.347. The Morgan fingerprint density at radius 2 is 2.70 bits per heavy atom. The number of hydrogen-bond acceptors (Lipinski definition) is 4. The largest absolute Gasteiger partial charge is 0.462 e. The van der Waals surface area contributed by atoms with Crippen LogP contribution in [0.25, 0.3) is 0 Å². The number of hydrogen-bond donors (Lipinski definition) is 0. The van der Waals surface area contributed by atoms with E-state index in [4.69, 9.17) is 0 Å². The second-order valence-electron chi connectivity index (χ2n) is 1.77. The van der Waals surface area contributed by atoms with Gasteiger partial charge in [-0.15, -0.1) is 11.3 Å². The molecule has 0 aliphatic carbocycles. The van der Waals surface area contributed by atoms with Crippen LogP contribution in [0.15, 0.2) is 5.51 Å². The minimum Gasteiger partial charge on any atom is -0.462 e. The van der Waals surface area contributed by atoms with Gasteiger partial charge in [0.15, 0.2) is 0 Å². The highest BCUT2D eigenvalue weighted by molar-refractivity contribution is 7.09. The van der Waals surface area contributed by atoms with Gasteiger partial charge in [0.25, 0.3) is 6.47 Å². The highest BCUT2D eigenvalue weighted by atomic mass is 32.1. The molecule has 0 atom stereocenters. The molecule has 0 aliphatic rings. The van der Waals surface area contributed by atoms with Crippen molar-refractivity contribution in [3.63, 3.8) is 0 Å². The van der Waals surface area contributed by atoms with E-state index in [1.807, 2.05) is 6.92 Å². The van der Waals surface area contributed by atoms with Crippen LogP contribution in [0.3, 0.4) is 0 Å². The number of carbonyl (C=O) groups excluding carboxylic acids is 1. The second kappa shape index (κ2) is 3.31. The molecule has 0 fully saturated rings. The van der Waals surface area contributed by atoms with Crippen molar-refractivity contribution in [2.75, 3.05) is 0 Å². The Labute approximate surface area is 62.7 Å². The molecule has 1 aromatic heterocycles. The third-order valence-electron chi connectivity index (χ3n) is 1.13. The molecule has 3 nitrogen and oxygen atoms in total. The Balaban J connectivity index is 2.56. The van der Waals surface area contributed by atoms with E-state index in [0.717, 1.165) is 10.6 Å². The van der Waals surface area contributed by atoms with Crippen molar-refractivity contribution in [2.24, 2.45) is 0 Å². The lowest BCUT2D eigenvalue weighted by atomic mass is 10.4. The van der Waals surface area contributed by atoms with E-state index in [1.165, 1.54) is 11.3 Å². The minimum atomic E-state index is 0.347. The lowest BCUT2D eigenvalue weighted by Crippen LogP contribution is -1.88. The quantitative estimate of drug-likeness (QED) is 0.617. The van der Waals surface area contributed by atoms with Gasteiger partial charge >= 0.3 is 0 Å².